The van der Waals surface area contributed by atoms with Crippen LogP contribution in [0.2, 0.25) is 0 Å². The Balaban J connectivity index is 0.00000274. The average Bonchev–Trinajstić information content (AvgIpc) is 3.30. The Kier molecular flexibility index (Phi) is 6.99. The molecule has 0 saturated heterocycles. The number of benzene rings is 1. The van der Waals surface area contributed by atoms with Crippen LogP contribution in [-0.4, -0.2) is 36.3 Å². The Morgan fingerprint density at radius 1 is 1.24 bits per heavy atom. The molecule has 172 valence electrons. The van der Waals surface area contributed by atoms with E-state index < -0.39 is 16.1 Å². The average molecular weight is 493 g/mol. The molecule has 0 unspecified atom stereocenters. The van der Waals surface area contributed by atoms with E-state index in [1.165, 1.54) is 25.4 Å². The van der Waals surface area contributed by atoms with E-state index in [1.807, 2.05) is 0 Å². The number of hydrogen-bond acceptors (Lipinski definition) is 6. The van der Waals surface area contributed by atoms with Crippen LogP contribution in [0.15, 0.2) is 41.7 Å². The fourth-order valence-electron chi connectivity index (χ4n) is 4.08. The Labute approximate surface area is 218 Å². The number of carbonyl (C=O) groups excluding carboxylic acids is 1. The molecule has 2 aliphatic carbocycles. The maximum Gasteiger partial charge on any atom is 1.00 e. The van der Waals surface area contributed by atoms with Gasteiger partial charge in [-0.05, 0) is 78.2 Å². The molecule has 1 N–H and O–H groups in total. The molecule has 1 saturated carbocycles. The van der Waals surface area contributed by atoms with Crippen LogP contribution >= 0.6 is 0 Å². The number of amides is 2. The molecule has 1 aromatic carbocycles. The fourth-order valence-corrected chi connectivity index (χ4v) is 4.86. The van der Waals surface area contributed by atoms with Gasteiger partial charge in [0.2, 0.25) is 15.9 Å². The zero-order valence-electron chi connectivity index (χ0n) is 18.8. The zero-order valence-corrected chi connectivity index (χ0v) is 21.6. The summed E-state index contributed by atoms with van der Waals surface area (Å²) in [7, 11) is -2.83. The number of sulfonamides is 1. The summed E-state index contributed by atoms with van der Waals surface area (Å²) in [6.07, 6.45) is 6.78. The Morgan fingerprint density at radius 3 is 2.74 bits per heavy atom. The van der Waals surface area contributed by atoms with Gasteiger partial charge >= 0.3 is 29.6 Å². The van der Waals surface area contributed by atoms with Gasteiger partial charge in [-0.25, -0.2) is 17.8 Å². The van der Waals surface area contributed by atoms with Crippen molar-refractivity contribution in [1.82, 2.24) is 14.8 Å². The summed E-state index contributed by atoms with van der Waals surface area (Å²) in [6.45, 7) is 0. The topological polar surface area (TPSA) is 117 Å². The van der Waals surface area contributed by atoms with Gasteiger partial charge in [0, 0.05) is 18.5 Å². The van der Waals surface area contributed by atoms with Gasteiger partial charge in [-0.3, -0.25) is 9.48 Å². The number of fused-ring (bicyclic) bond motifs is 1. The largest absolute Gasteiger partial charge is 1.00 e. The number of nitrogens with one attached hydrogen (secondary N) is 1. The number of aromatic nitrogens is 3. The number of urea groups is 1. The molecule has 34 heavy (non-hydrogen) atoms. The first-order valence-corrected chi connectivity index (χ1v) is 12.0. The molecule has 0 spiro atoms. The first-order chi connectivity index (χ1) is 15.9. The van der Waals surface area contributed by atoms with E-state index in [1.54, 1.807) is 23.0 Å². The van der Waals surface area contributed by atoms with E-state index in [0.29, 0.717) is 46.7 Å². The van der Waals surface area contributed by atoms with Crippen molar-refractivity contribution in [2.24, 2.45) is 0 Å². The van der Waals surface area contributed by atoms with Crippen molar-refractivity contribution < 1.29 is 51.9 Å². The van der Waals surface area contributed by atoms with Crippen molar-refractivity contribution in [2.75, 3.05) is 12.4 Å². The SMILES string of the molecule is COc1cc(-c2cc(F)c3c(c2NC(=O)[N-]S(=O)(=O)c2ccn(C4CC4)n2)CCC3)ccn1.[Na+]. The summed E-state index contributed by atoms with van der Waals surface area (Å²) < 4.78 is 50.2. The van der Waals surface area contributed by atoms with E-state index in [2.05, 4.69) is 20.1 Å². The normalized spacial score (nSPS) is 14.8. The number of ether oxygens (including phenoxy) is 1. The van der Waals surface area contributed by atoms with E-state index in [9.17, 15) is 17.6 Å². The van der Waals surface area contributed by atoms with Crippen LogP contribution in [0.25, 0.3) is 15.8 Å². The molecule has 2 amide bonds. The van der Waals surface area contributed by atoms with Gasteiger partial charge in [-0.1, -0.05) is 0 Å². The van der Waals surface area contributed by atoms with Crippen molar-refractivity contribution in [1.29, 1.82) is 0 Å². The van der Waals surface area contributed by atoms with Crippen LogP contribution in [-0.2, 0) is 22.9 Å². The molecule has 1 fully saturated rings. The number of rotatable bonds is 6. The molecule has 5 rings (SSSR count). The van der Waals surface area contributed by atoms with Gasteiger partial charge in [0.05, 0.1) is 13.2 Å². The number of methoxy groups -OCH3 is 1. The maximum atomic E-state index is 14.8. The molecular weight excluding hydrogens is 472 g/mol. The molecule has 0 bridgehead atoms. The van der Waals surface area contributed by atoms with E-state index in [-0.39, 0.29) is 46.4 Å². The van der Waals surface area contributed by atoms with Crippen LogP contribution in [0.1, 0.15) is 36.4 Å². The summed E-state index contributed by atoms with van der Waals surface area (Å²) >= 11 is 0. The molecule has 2 heterocycles. The van der Waals surface area contributed by atoms with Crippen molar-refractivity contribution in [2.45, 2.75) is 43.2 Å². The predicted molar refractivity (Wildman–Crippen MR) is 118 cm³/mol. The third kappa shape index (κ3) is 4.83. The van der Waals surface area contributed by atoms with Gasteiger partial charge < -0.3 is 14.8 Å². The monoisotopic (exact) mass is 493 g/mol. The second-order valence-electron chi connectivity index (χ2n) is 8.04. The molecule has 3 aromatic rings. The number of anilines is 1. The Hall–Kier alpha value is -2.47. The maximum absolute atomic E-state index is 14.8. The van der Waals surface area contributed by atoms with Crippen molar-refractivity contribution in [3.63, 3.8) is 0 Å². The first kappa shape index (κ1) is 24.6. The van der Waals surface area contributed by atoms with Gasteiger partial charge in [-0.15, -0.1) is 0 Å². The molecule has 0 atom stereocenters. The predicted octanol–water partition coefficient (Wildman–Crippen LogP) is 1.21. The van der Waals surface area contributed by atoms with E-state index >= 15 is 0 Å². The quantitative estimate of drug-likeness (QED) is 0.516. The van der Waals surface area contributed by atoms with Crippen LogP contribution in [0.3, 0.4) is 0 Å². The summed E-state index contributed by atoms with van der Waals surface area (Å²) in [5.74, 6) is -0.0503. The van der Waals surface area contributed by atoms with Crippen LogP contribution in [0, 0.1) is 5.82 Å². The molecule has 2 aliphatic rings. The molecule has 9 nitrogen and oxygen atoms in total. The van der Waals surface area contributed by atoms with Gasteiger partial charge in [0.25, 0.3) is 0 Å². The minimum Gasteiger partial charge on any atom is -0.481 e. The van der Waals surface area contributed by atoms with Crippen LogP contribution in [0.5, 0.6) is 5.88 Å². The Morgan fingerprint density at radius 2 is 2.00 bits per heavy atom. The van der Waals surface area contributed by atoms with Crippen LogP contribution in [0.4, 0.5) is 14.9 Å². The number of carbonyl (C=O) groups is 1. The standard InChI is InChI=1S/C22H22FN5O4S.Na/c1-32-19-11-13(7-9-24-19)17-12-18(23)15-3-2-4-16(15)21(17)25-22(29)27-33(30,31)20-8-10-28(26-20)14-5-6-14;/h7-12,14H,2-6H2,1H3,(H2,24,25,27,29);/q;+1/p-1. The van der Waals surface area contributed by atoms with E-state index in [0.717, 1.165) is 19.3 Å². The van der Waals surface area contributed by atoms with Crippen molar-refractivity contribution in [3.8, 4) is 17.0 Å². The summed E-state index contributed by atoms with van der Waals surface area (Å²) in [4.78, 5) is 16.8. The van der Waals surface area contributed by atoms with Crippen LogP contribution < -0.4 is 39.6 Å². The Bertz CT molecular complexity index is 1360. The van der Waals surface area contributed by atoms with Crippen molar-refractivity contribution in [3.05, 3.63) is 58.3 Å². The fraction of sp³-hybridized carbons (Fsp3) is 0.318. The van der Waals surface area contributed by atoms with E-state index in [4.69, 9.17) is 4.74 Å². The summed E-state index contributed by atoms with van der Waals surface area (Å²) in [5, 5.41) is 6.35. The molecular formula is C22H21FN5NaO4S. The summed E-state index contributed by atoms with van der Waals surface area (Å²) in [5.41, 5.74) is 2.45. The van der Waals surface area contributed by atoms with Gasteiger partial charge in [0.1, 0.15) is 5.82 Å². The molecule has 2 aromatic heterocycles. The number of nitrogens with zero attached hydrogens (tertiary/aromatic N) is 4. The minimum absolute atomic E-state index is 0. The number of hydrogen-bond donors (Lipinski definition) is 1. The zero-order chi connectivity index (χ0) is 23.2. The van der Waals surface area contributed by atoms with Gasteiger partial charge in [-0.2, -0.15) is 5.10 Å². The third-order valence-corrected chi connectivity index (χ3v) is 6.96. The number of halogens is 1. The molecule has 0 aliphatic heterocycles. The third-order valence-electron chi connectivity index (χ3n) is 5.81. The second-order valence-corrected chi connectivity index (χ2v) is 9.59. The minimum atomic E-state index is -4.30. The first-order valence-electron chi connectivity index (χ1n) is 10.5. The summed E-state index contributed by atoms with van der Waals surface area (Å²) in [6, 6.07) is 5.06. The number of pyridine rings is 1. The molecule has 12 heteroatoms. The van der Waals surface area contributed by atoms with Crippen molar-refractivity contribution >= 4 is 21.7 Å². The second kappa shape index (κ2) is 9.65. The van der Waals surface area contributed by atoms with Gasteiger partial charge in [0.15, 0.2) is 11.1 Å². The molecule has 0 radical (unpaired) electrons. The smallest absolute Gasteiger partial charge is 0.481 e.